The molecule has 0 heterocycles. The van der Waals surface area contributed by atoms with Gasteiger partial charge in [-0.1, -0.05) is 24.6 Å². The first-order chi connectivity index (χ1) is 16.2. The van der Waals surface area contributed by atoms with Gasteiger partial charge >= 0.3 is 5.97 Å². The highest BCUT2D eigenvalue weighted by Crippen LogP contribution is 2.26. The van der Waals surface area contributed by atoms with Crippen LogP contribution in [0.15, 0.2) is 47.6 Å². The summed E-state index contributed by atoms with van der Waals surface area (Å²) in [6, 6.07) is 12.4. The van der Waals surface area contributed by atoms with Crippen LogP contribution in [0.4, 0.5) is 10.1 Å². The van der Waals surface area contributed by atoms with Gasteiger partial charge in [-0.2, -0.15) is 19.0 Å². The van der Waals surface area contributed by atoms with Crippen molar-refractivity contribution in [2.75, 3.05) is 31.1 Å². The third kappa shape index (κ3) is 14.9. The summed E-state index contributed by atoms with van der Waals surface area (Å²) in [7, 11) is 1.75. The van der Waals surface area contributed by atoms with E-state index in [1.807, 2.05) is 38.1 Å². The number of rotatable bonds is 13. The van der Waals surface area contributed by atoms with Crippen molar-refractivity contribution in [1.82, 2.24) is 5.48 Å². The lowest BCUT2D eigenvalue weighted by molar-refractivity contribution is -0.137. The normalized spacial score (nSPS) is 9.71. The van der Waals surface area contributed by atoms with Crippen molar-refractivity contribution in [2.45, 2.75) is 26.7 Å². The quantitative estimate of drug-likeness (QED) is 0.0760. The molecule has 0 unspecified atom stereocenters. The molecule has 2 rings (SSSR count). The molecule has 0 saturated carbocycles. The number of benzene rings is 2. The van der Waals surface area contributed by atoms with Crippen LogP contribution < -0.4 is 26.0 Å². The fraction of sp³-hybridized carbons (Fsp3) is 0.364. The summed E-state index contributed by atoms with van der Waals surface area (Å²) in [5.74, 6) is -0.500. The third-order valence-corrected chi connectivity index (χ3v) is 4.65. The maximum atomic E-state index is 13.1. The van der Waals surface area contributed by atoms with Crippen LogP contribution in [-0.4, -0.2) is 43.8 Å². The minimum atomic E-state index is -1.01. The maximum Gasteiger partial charge on any atom is 0.319 e. The molecule has 35 heavy (non-hydrogen) atoms. The Morgan fingerprint density at radius 1 is 1.20 bits per heavy atom. The fourth-order valence-corrected chi connectivity index (χ4v) is 2.91. The molecule has 0 radical (unpaired) electrons. The van der Waals surface area contributed by atoms with Crippen LogP contribution in [-0.2, 0) is 20.3 Å². The van der Waals surface area contributed by atoms with Gasteiger partial charge < -0.3 is 26.1 Å². The average Bonchev–Trinajstić information content (AvgIpc) is 2.80. The lowest BCUT2D eigenvalue weighted by Crippen LogP contribution is -2.23. The molecule has 196 valence electrons. The summed E-state index contributed by atoms with van der Waals surface area (Å²) < 4.78 is 25.1. The van der Waals surface area contributed by atoms with E-state index >= 15 is 0 Å². The number of nitrogens with one attached hydrogen (secondary N) is 1. The second-order valence-corrected chi connectivity index (χ2v) is 7.72. The van der Waals surface area contributed by atoms with Gasteiger partial charge in [-0.05, 0) is 54.4 Å². The number of ether oxygens (including phenoxy) is 1. The summed E-state index contributed by atoms with van der Waals surface area (Å²) >= 11 is 0.943. The van der Waals surface area contributed by atoms with Crippen molar-refractivity contribution in [3.63, 3.8) is 0 Å². The molecule has 6 N–H and O–H groups in total. The molecule has 0 aromatic heterocycles. The topological polar surface area (TPSA) is 145 Å². The van der Waals surface area contributed by atoms with E-state index in [0.717, 1.165) is 35.6 Å². The number of hydroxylamine groups is 1. The first-order valence-corrected chi connectivity index (χ1v) is 11.1. The average molecular weight is 532 g/mol. The van der Waals surface area contributed by atoms with Gasteiger partial charge in [-0.3, -0.25) is 9.10 Å². The minimum Gasteiger partial charge on any atom is -0.493 e. The number of oxime groups is 1. The first kappa shape index (κ1) is 32.1. The molecule has 0 bridgehead atoms. The van der Waals surface area contributed by atoms with Gasteiger partial charge in [0.2, 0.25) is 5.96 Å². The summed E-state index contributed by atoms with van der Waals surface area (Å²) in [5.41, 5.74) is 15.3. The molecule has 0 amide bonds. The van der Waals surface area contributed by atoms with E-state index in [2.05, 4.69) is 10.6 Å². The Kier molecular flexibility index (Phi) is 16.9. The first-order valence-electron chi connectivity index (χ1n) is 10.4. The van der Waals surface area contributed by atoms with E-state index in [9.17, 15) is 9.18 Å². The largest absolute Gasteiger partial charge is 0.493 e. The van der Waals surface area contributed by atoms with Crippen LogP contribution in [0.2, 0.25) is 0 Å². The van der Waals surface area contributed by atoms with Crippen LogP contribution in [0.1, 0.15) is 24.5 Å². The van der Waals surface area contributed by atoms with Crippen molar-refractivity contribution >= 4 is 43.3 Å². The Morgan fingerprint density at radius 3 is 2.49 bits per heavy atom. The zero-order valence-corrected chi connectivity index (χ0v) is 21.8. The van der Waals surface area contributed by atoms with Crippen LogP contribution in [0.25, 0.3) is 0 Å². The number of nitrogens with two attached hydrogens (primary N) is 2. The Morgan fingerprint density at radius 2 is 1.89 bits per heavy atom. The molecule has 10 nitrogen and oxygen atoms in total. The number of guanidine groups is 1. The molecular weight excluding hydrogens is 497 g/mol. The van der Waals surface area contributed by atoms with E-state index in [4.69, 9.17) is 30.4 Å². The number of hydrogen-bond donors (Lipinski definition) is 4. The van der Waals surface area contributed by atoms with Crippen molar-refractivity contribution in [1.29, 1.82) is 0 Å². The van der Waals surface area contributed by atoms with Gasteiger partial charge in [0.25, 0.3) is 0 Å². The number of carboxylic acids is 1. The Bertz CT molecular complexity index is 902. The Hall–Kier alpha value is -2.87. The van der Waals surface area contributed by atoms with Crippen molar-refractivity contribution in [3.05, 3.63) is 59.4 Å². The number of nitrogens with zero attached hydrogens (tertiary/aromatic N) is 2. The number of anilines is 1. The third-order valence-electron chi connectivity index (χ3n) is 4.03. The smallest absolute Gasteiger partial charge is 0.319 e. The second-order valence-electron chi connectivity index (χ2n) is 6.86. The standard InChI is InChI=1S/C11H15FN2O3S.C11H17N3O2.H2S/c1-3-8-6-9(12)4-5-10(8)14(2)18-17-13-7-11(15)16;1-9-3-5-10(6-4-9)15-7-2-8-16-14-11(12)13;/h4-6,13H,3,7H2,1-2H3,(H,15,16);3-6H,2,7-8H2,1H3,(H4,12,13,14);1H2. The van der Waals surface area contributed by atoms with Gasteiger partial charge in [-0.15, -0.1) is 0 Å². The second kappa shape index (κ2) is 18.5. The minimum absolute atomic E-state index is 0. The van der Waals surface area contributed by atoms with Crippen molar-refractivity contribution in [3.8, 4) is 5.75 Å². The van der Waals surface area contributed by atoms with Gasteiger partial charge in [0, 0.05) is 13.5 Å². The SMILES string of the molecule is CCc1cc(F)ccc1N(C)SONCC(=O)O.Cc1ccc(OCCCON=C(N)N)cc1.S. The lowest BCUT2D eigenvalue weighted by atomic mass is 10.1. The summed E-state index contributed by atoms with van der Waals surface area (Å²) in [5, 5.41) is 11.8. The highest BCUT2D eigenvalue weighted by atomic mass is 32.2. The molecule has 0 atom stereocenters. The van der Waals surface area contributed by atoms with Gasteiger partial charge in [0.05, 0.1) is 12.3 Å². The van der Waals surface area contributed by atoms with E-state index in [0.29, 0.717) is 19.6 Å². The summed E-state index contributed by atoms with van der Waals surface area (Å²) in [6.07, 6.45) is 1.42. The lowest BCUT2D eigenvalue weighted by Gasteiger charge is -2.19. The Balaban J connectivity index is 0.000000646. The highest BCUT2D eigenvalue weighted by Gasteiger charge is 2.09. The van der Waals surface area contributed by atoms with Crippen LogP contribution in [0.3, 0.4) is 0 Å². The number of halogens is 1. The predicted octanol–water partition coefficient (Wildman–Crippen LogP) is 3.08. The molecule has 13 heteroatoms. The van der Waals surface area contributed by atoms with Crippen LogP contribution in [0, 0.1) is 12.7 Å². The maximum absolute atomic E-state index is 13.1. The number of aryl methyl sites for hydroxylation is 2. The van der Waals surface area contributed by atoms with E-state index in [-0.39, 0.29) is 31.8 Å². The zero-order chi connectivity index (χ0) is 25.3. The number of aliphatic carboxylic acids is 1. The van der Waals surface area contributed by atoms with Gasteiger partial charge in [0.1, 0.15) is 36.9 Å². The zero-order valence-electron chi connectivity index (χ0n) is 20.0. The van der Waals surface area contributed by atoms with Gasteiger partial charge in [0.15, 0.2) is 0 Å². The van der Waals surface area contributed by atoms with Crippen LogP contribution in [0.5, 0.6) is 5.75 Å². The molecule has 2 aromatic carbocycles. The number of carbonyl (C=O) groups is 1. The fourth-order valence-electron chi connectivity index (χ4n) is 2.43. The molecule has 0 aliphatic rings. The van der Waals surface area contributed by atoms with E-state index < -0.39 is 5.97 Å². The van der Waals surface area contributed by atoms with E-state index in [1.165, 1.54) is 17.7 Å². The molecule has 2 aromatic rings. The summed E-state index contributed by atoms with van der Waals surface area (Å²) in [6.45, 7) is 4.69. The van der Waals surface area contributed by atoms with Crippen molar-refractivity contribution < 1.29 is 28.1 Å². The van der Waals surface area contributed by atoms with Crippen molar-refractivity contribution in [2.24, 2.45) is 16.6 Å². The predicted molar refractivity (Wildman–Crippen MR) is 142 cm³/mol. The molecule has 0 saturated heterocycles. The van der Waals surface area contributed by atoms with E-state index in [1.54, 1.807) is 17.4 Å². The molecule has 0 aliphatic heterocycles. The molecule has 0 aliphatic carbocycles. The van der Waals surface area contributed by atoms with Gasteiger partial charge in [-0.25, -0.2) is 8.67 Å². The highest BCUT2D eigenvalue weighted by molar-refractivity contribution is 7.96. The van der Waals surface area contributed by atoms with Crippen LogP contribution >= 0.6 is 25.7 Å². The molecule has 0 spiro atoms. The number of carboxylic acid groups (broad SMARTS) is 1. The summed E-state index contributed by atoms with van der Waals surface area (Å²) in [4.78, 5) is 15.1. The number of hydrogen-bond acceptors (Lipinski definition) is 8. The molecular formula is C22H34FN5O5S2. The molecule has 0 fully saturated rings. The monoisotopic (exact) mass is 531 g/mol. The Labute approximate surface area is 216 Å².